The average Bonchev–Trinajstić information content (AvgIpc) is 2.88. The van der Waals surface area contributed by atoms with E-state index in [1.54, 1.807) is 17.4 Å². The van der Waals surface area contributed by atoms with Crippen molar-refractivity contribution in [2.24, 2.45) is 5.84 Å². The summed E-state index contributed by atoms with van der Waals surface area (Å²) in [5, 5.41) is 3.88. The minimum atomic E-state index is -4.34. The Morgan fingerprint density at radius 2 is 2.05 bits per heavy atom. The molecule has 1 heterocycles. The van der Waals surface area contributed by atoms with Crippen molar-refractivity contribution < 1.29 is 13.2 Å². The predicted molar refractivity (Wildman–Crippen MR) is 69.5 cm³/mol. The van der Waals surface area contributed by atoms with E-state index in [4.69, 9.17) is 5.84 Å². The Morgan fingerprint density at radius 3 is 2.63 bits per heavy atom. The zero-order chi connectivity index (χ0) is 13.9. The molecule has 2 rings (SSSR count). The van der Waals surface area contributed by atoms with Gasteiger partial charge in [0, 0.05) is 0 Å². The number of halogens is 3. The fourth-order valence-electron chi connectivity index (χ4n) is 1.85. The number of benzene rings is 1. The summed E-state index contributed by atoms with van der Waals surface area (Å²) in [6.07, 6.45) is -3.78. The van der Waals surface area contributed by atoms with E-state index >= 15 is 0 Å². The molecule has 1 atom stereocenters. The average molecular weight is 286 g/mol. The highest BCUT2D eigenvalue weighted by Crippen LogP contribution is 2.31. The van der Waals surface area contributed by atoms with Gasteiger partial charge in [0.2, 0.25) is 0 Å². The van der Waals surface area contributed by atoms with Gasteiger partial charge in [-0.1, -0.05) is 12.1 Å². The number of hydrogen-bond acceptors (Lipinski definition) is 3. The Kier molecular flexibility index (Phi) is 4.24. The van der Waals surface area contributed by atoms with Gasteiger partial charge in [-0.2, -0.15) is 24.5 Å². The van der Waals surface area contributed by atoms with E-state index in [1.807, 2.05) is 16.8 Å². The summed E-state index contributed by atoms with van der Waals surface area (Å²) in [7, 11) is 0. The third kappa shape index (κ3) is 3.56. The Balaban J connectivity index is 2.23. The lowest BCUT2D eigenvalue weighted by molar-refractivity contribution is -0.137. The van der Waals surface area contributed by atoms with Crippen molar-refractivity contribution in [3.63, 3.8) is 0 Å². The third-order valence-corrected chi connectivity index (χ3v) is 3.57. The van der Waals surface area contributed by atoms with Crippen LogP contribution in [0.25, 0.3) is 0 Å². The second kappa shape index (κ2) is 5.73. The molecule has 0 fully saturated rings. The Morgan fingerprint density at radius 1 is 1.26 bits per heavy atom. The highest BCUT2D eigenvalue weighted by Gasteiger charge is 2.30. The molecular weight excluding hydrogens is 273 g/mol. The van der Waals surface area contributed by atoms with Gasteiger partial charge in [0.15, 0.2) is 0 Å². The second-order valence-corrected chi connectivity index (χ2v) is 4.96. The molecule has 6 heteroatoms. The maximum absolute atomic E-state index is 12.7. The lowest BCUT2D eigenvalue weighted by Crippen LogP contribution is -2.29. The summed E-state index contributed by atoms with van der Waals surface area (Å²) in [6.45, 7) is 0. The lowest BCUT2D eigenvalue weighted by atomic mass is 9.99. The van der Waals surface area contributed by atoms with Crippen LogP contribution >= 0.6 is 11.3 Å². The van der Waals surface area contributed by atoms with E-state index < -0.39 is 11.7 Å². The summed E-state index contributed by atoms with van der Waals surface area (Å²) in [5.41, 5.74) is 3.49. The minimum absolute atomic E-state index is 0.336. The molecule has 0 saturated heterocycles. The van der Waals surface area contributed by atoms with E-state index in [9.17, 15) is 13.2 Å². The normalized spacial score (nSPS) is 13.5. The first-order valence-corrected chi connectivity index (χ1v) is 6.59. The Bertz CT molecular complexity index is 523. The molecule has 3 N–H and O–H groups in total. The van der Waals surface area contributed by atoms with E-state index in [-0.39, 0.29) is 6.04 Å². The van der Waals surface area contributed by atoms with Crippen LogP contribution in [0.4, 0.5) is 13.2 Å². The van der Waals surface area contributed by atoms with Crippen molar-refractivity contribution in [2.45, 2.75) is 18.6 Å². The van der Waals surface area contributed by atoms with Crippen molar-refractivity contribution >= 4 is 11.3 Å². The predicted octanol–water partition coefficient (Wildman–Crippen LogP) is 3.51. The van der Waals surface area contributed by atoms with E-state index in [1.165, 1.54) is 6.07 Å². The van der Waals surface area contributed by atoms with Crippen LogP contribution < -0.4 is 11.3 Å². The molecule has 0 aliphatic rings. The molecule has 0 radical (unpaired) electrons. The summed E-state index contributed by atoms with van der Waals surface area (Å²) in [5.74, 6) is 5.45. The van der Waals surface area contributed by atoms with Gasteiger partial charge in [-0.25, -0.2) is 0 Å². The summed E-state index contributed by atoms with van der Waals surface area (Å²) in [6, 6.07) is 6.83. The molecule has 1 aromatic carbocycles. The largest absolute Gasteiger partial charge is 0.416 e. The van der Waals surface area contributed by atoms with Crippen molar-refractivity contribution in [2.75, 3.05) is 0 Å². The van der Waals surface area contributed by atoms with Crippen LogP contribution in [-0.4, -0.2) is 0 Å². The van der Waals surface area contributed by atoms with Crippen LogP contribution in [0.2, 0.25) is 0 Å². The Labute approximate surface area is 113 Å². The monoisotopic (exact) mass is 286 g/mol. The first-order valence-electron chi connectivity index (χ1n) is 5.65. The smallest absolute Gasteiger partial charge is 0.271 e. The quantitative estimate of drug-likeness (QED) is 0.666. The zero-order valence-electron chi connectivity index (χ0n) is 9.95. The van der Waals surface area contributed by atoms with Crippen LogP contribution in [0.15, 0.2) is 41.1 Å². The lowest BCUT2D eigenvalue weighted by Gasteiger charge is -2.17. The van der Waals surface area contributed by atoms with Gasteiger partial charge in [0.05, 0.1) is 11.6 Å². The summed E-state index contributed by atoms with van der Waals surface area (Å²) < 4.78 is 38.0. The van der Waals surface area contributed by atoms with Gasteiger partial charge in [-0.15, -0.1) is 0 Å². The van der Waals surface area contributed by atoms with Gasteiger partial charge in [0.1, 0.15) is 0 Å². The van der Waals surface area contributed by atoms with E-state index in [2.05, 4.69) is 5.43 Å². The zero-order valence-corrected chi connectivity index (χ0v) is 10.8. The molecule has 0 aliphatic carbocycles. The second-order valence-electron chi connectivity index (χ2n) is 4.18. The van der Waals surface area contributed by atoms with Crippen LogP contribution in [0.3, 0.4) is 0 Å². The van der Waals surface area contributed by atoms with Crippen LogP contribution in [0, 0.1) is 0 Å². The standard InChI is InChI=1S/C13H13F3N2S/c14-13(15,16)11-3-1-2-10(7-11)12(18-17)6-9-4-5-19-8-9/h1-5,7-8,12,18H,6,17H2. The van der Waals surface area contributed by atoms with Gasteiger partial charge in [-0.3, -0.25) is 11.3 Å². The van der Waals surface area contributed by atoms with Gasteiger partial charge < -0.3 is 0 Å². The molecule has 1 aromatic heterocycles. The molecule has 0 spiro atoms. The van der Waals surface area contributed by atoms with Crippen molar-refractivity contribution in [3.8, 4) is 0 Å². The van der Waals surface area contributed by atoms with E-state index in [0.717, 1.165) is 17.7 Å². The van der Waals surface area contributed by atoms with Crippen molar-refractivity contribution in [1.82, 2.24) is 5.43 Å². The number of hydrogen-bond donors (Lipinski definition) is 2. The highest BCUT2D eigenvalue weighted by atomic mass is 32.1. The van der Waals surface area contributed by atoms with Gasteiger partial charge in [-0.05, 0) is 46.5 Å². The van der Waals surface area contributed by atoms with Crippen LogP contribution in [-0.2, 0) is 12.6 Å². The SMILES string of the molecule is NNC(Cc1ccsc1)c1cccc(C(F)(F)F)c1. The molecule has 2 aromatic rings. The summed E-state index contributed by atoms with van der Waals surface area (Å²) in [4.78, 5) is 0. The molecule has 0 saturated carbocycles. The van der Waals surface area contributed by atoms with Crippen molar-refractivity contribution in [3.05, 3.63) is 57.8 Å². The maximum atomic E-state index is 12.7. The molecule has 1 unspecified atom stereocenters. The molecule has 0 aliphatic heterocycles. The molecule has 19 heavy (non-hydrogen) atoms. The first-order chi connectivity index (χ1) is 9.00. The van der Waals surface area contributed by atoms with Crippen molar-refractivity contribution in [1.29, 1.82) is 0 Å². The van der Waals surface area contributed by atoms with Gasteiger partial charge in [0.25, 0.3) is 0 Å². The molecule has 0 amide bonds. The number of hydrazine groups is 1. The minimum Gasteiger partial charge on any atom is -0.271 e. The van der Waals surface area contributed by atoms with Gasteiger partial charge >= 0.3 is 6.18 Å². The molecule has 0 bridgehead atoms. The number of nitrogens with two attached hydrogens (primary N) is 1. The number of thiophene rings is 1. The fraction of sp³-hybridized carbons (Fsp3) is 0.231. The van der Waals surface area contributed by atoms with E-state index in [0.29, 0.717) is 12.0 Å². The third-order valence-electron chi connectivity index (χ3n) is 2.84. The maximum Gasteiger partial charge on any atom is 0.416 e. The van der Waals surface area contributed by atoms with Crippen LogP contribution in [0.1, 0.15) is 22.7 Å². The molecule has 102 valence electrons. The number of rotatable bonds is 4. The molecule has 2 nitrogen and oxygen atoms in total. The molecular formula is C13H13F3N2S. The Hall–Kier alpha value is -1.37. The topological polar surface area (TPSA) is 38.0 Å². The fourth-order valence-corrected chi connectivity index (χ4v) is 2.53. The number of alkyl halides is 3. The summed E-state index contributed by atoms with van der Waals surface area (Å²) >= 11 is 1.55. The first kappa shape index (κ1) is 14.0. The number of nitrogens with one attached hydrogen (secondary N) is 1. The highest BCUT2D eigenvalue weighted by molar-refractivity contribution is 7.07. The van der Waals surface area contributed by atoms with Crippen LogP contribution in [0.5, 0.6) is 0 Å².